The summed E-state index contributed by atoms with van der Waals surface area (Å²) in [6.07, 6.45) is 47.6. The quantitative estimate of drug-likeness (QED) is 0.220. The van der Waals surface area contributed by atoms with Crippen molar-refractivity contribution in [2.45, 2.75) is 63.1 Å². The first-order valence-corrected chi connectivity index (χ1v) is 16.8. The fourth-order valence-corrected chi connectivity index (χ4v) is 8.97. The molecule has 0 N–H and O–H groups in total. The van der Waals surface area contributed by atoms with E-state index >= 15 is 0 Å². The summed E-state index contributed by atoms with van der Waals surface area (Å²) in [6, 6.07) is 1.23. The molecule has 0 aromatic heterocycles. The van der Waals surface area contributed by atoms with E-state index in [1.54, 1.807) is 11.3 Å². The smallest absolute Gasteiger partial charge is 0.0626 e. The third kappa shape index (κ3) is 4.36. The summed E-state index contributed by atoms with van der Waals surface area (Å²) in [7, 11) is 0. The molecule has 0 radical (unpaired) electrons. The van der Waals surface area contributed by atoms with Crippen molar-refractivity contribution in [3.63, 3.8) is 0 Å². The molecule has 42 heavy (non-hydrogen) atoms. The van der Waals surface area contributed by atoms with E-state index < -0.39 is 0 Å². The second-order valence-electron chi connectivity index (χ2n) is 12.5. The summed E-state index contributed by atoms with van der Waals surface area (Å²) >= 11 is 2.57. The van der Waals surface area contributed by atoms with Crippen molar-refractivity contribution in [3.8, 4) is 0 Å². The monoisotopic (exact) mass is 663 g/mol. The Bertz CT molecular complexity index is 1580. The zero-order valence-electron chi connectivity index (χ0n) is 24.1. The van der Waals surface area contributed by atoms with E-state index in [4.69, 9.17) is 0 Å². The van der Waals surface area contributed by atoms with Gasteiger partial charge in [-0.25, -0.2) is 0 Å². The molecule has 5 atom stereocenters. The maximum Gasteiger partial charge on any atom is 0.0626 e. The Balaban J connectivity index is 1.23. The highest BCUT2D eigenvalue weighted by molar-refractivity contribution is 14.1. The van der Waals surface area contributed by atoms with E-state index in [0.29, 0.717) is 30.0 Å². The first-order valence-electron chi connectivity index (χ1n) is 15.7. The van der Waals surface area contributed by atoms with E-state index in [9.17, 15) is 0 Å². The second-order valence-corrected chi connectivity index (χ2v) is 13.6. The van der Waals surface area contributed by atoms with Crippen molar-refractivity contribution in [1.82, 2.24) is 14.7 Å². The molecule has 3 nitrogen and oxygen atoms in total. The number of hydrogen-bond acceptors (Lipinski definition) is 3. The van der Waals surface area contributed by atoms with Crippen LogP contribution in [0.4, 0.5) is 0 Å². The molecular formula is C38H38IN3. The van der Waals surface area contributed by atoms with E-state index in [-0.39, 0.29) is 0 Å². The first kappa shape index (κ1) is 26.4. The molecule has 0 fully saturated rings. The number of allylic oxidation sites excluding steroid dienone is 14. The third-order valence-corrected chi connectivity index (χ3v) is 11.1. The van der Waals surface area contributed by atoms with Gasteiger partial charge in [0.25, 0.3) is 0 Å². The van der Waals surface area contributed by atoms with Crippen LogP contribution in [0.1, 0.15) is 44.9 Å². The molecule has 5 unspecified atom stereocenters. The van der Waals surface area contributed by atoms with Crippen molar-refractivity contribution in [2.75, 3.05) is 0 Å². The van der Waals surface area contributed by atoms with Gasteiger partial charge in [0.05, 0.1) is 12.1 Å². The standard InChI is InChI=1S/C38H38IN3/c1-26-12-10-11-21-40(26)25-34(39)27-22-28(41-35-17-6-2-13-30(35)31-14-3-7-18-36(31)41)24-29(23-27)42-37-19-8-4-15-32(37)33-16-5-9-20-38(33)42/h2-6,10-17,21-22,24-25,29-30,32,35,37H,1,7-9,18-20,23H2/b34-25-. The van der Waals surface area contributed by atoms with Crippen LogP contribution < -0.4 is 0 Å². The minimum absolute atomic E-state index is 0.335. The lowest BCUT2D eigenvalue weighted by Crippen LogP contribution is -2.43. The Hall–Kier alpha value is -3.25. The van der Waals surface area contributed by atoms with E-state index in [1.165, 1.54) is 39.0 Å². The highest BCUT2D eigenvalue weighted by atomic mass is 127. The van der Waals surface area contributed by atoms with Gasteiger partial charge >= 0.3 is 0 Å². The molecule has 0 saturated heterocycles. The summed E-state index contributed by atoms with van der Waals surface area (Å²) in [6.45, 7) is 4.28. The number of hydrogen-bond donors (Lipinski definition) is 0. The topological polar surface area (TPSA) is 9.72 Å². The molecule has 0 bridgehead atoms. The van der Waals surface area contributed by atoms with Crippen molar-refractivity contribution in [1.29, 1.82) is 0 Å². The predicted molar refractivity (Wildman–Crippen MR) is 182 cm³/mol. The maximum atomic E-state index is 4.28. The van der Waals surface area contributed by atoms with Crippen LogP contribution >= 0.6 is 22.6 Å². The van der Waals surface area contributed by atoms with Crippen molar-refractivity contribution in [3.05, 3.63) is 153 Å². The van der Waals surface area contributed by atoms with E-state index in [0.717, 1.165) is 37.8 Å². The molecule has 4 heteroatoms. The molecule has 3 heterocycles. The van der Waals surface area contributed by atoms with Crippen LogP contribution in [0.15, 0.2) is 153 Å². The Kier molecular flexibility index (Phi) is 6.78. The molecule has 0 aromatic rings. The minimum atomic E-state index is 0.335. The molecule has 3 aliphatic heterocycles. The van der Waals surface area contributed by atoms with E-state index in [1.807, 2.05) is 0 Å². The van der Waals surface area contributed by atoms with Gasteiger partial charge in [0.2, 0.25) is 0 Å². The van der Waals surface area contributed by atoms with Crippen LogP contribution in [-0.4, -0.2) is 32.8 Å². The van der Waals surface area contributed by atoms with Crippen molar-refractivity contribution < 1.29 is 0 Å². The second kappa shape index (κ2) is 10.8. The zero-order chi connectivity index (χ0) is 28.2. The Morgan fingerprint density at radius 3 is 2.52 bits per heavy atom. The highest BCUT2D eigenvalue weighted by Crippen LogP contribution is 2.49. The molecule has 8 aliphatic rings. The third-order valence-electron chi connectivity index (χ3n) is 10.1. The highest BCUT2D eigenvalue weighted by Gasteiger charge is 2.44. The number of rotatable bonds is 4. The summed E-state index contributed by atoms with van der Waals surface area (Å²) in [5, 5.41) is 0. The minimum Gasteiger partial charge on any atom is -0.364 e. The van der Waals surface area contributed by atoms with Crippen LogP contribution in [0.2, 0.25) is 0 Å². The number of fused-ring (bicyclic) bond motifs is 4. The molecule has 0 saturated carbocycles. The van der Waals surface area contributed by atoms with Crippen LogP contribution in [-0.2, 0) is 0 Å². The van der Waals surface area contributed by atoms with Crippen molar-refractivity contribution >= 4 is 22.6 Å². The predicted octanol–water partition coefficient (Wildman–Crippen LogP) is 9.03. The maximum absolute atomic E-state index is 4.28. The van der Waals surface area contributed by atoms with Gasteiger partial charge in [-0.2, -0.15) is 0 Å². The van der Waals surface area contributed by atoms with Crippen LogP contribution in [0.5, 0.6) is 0 Å². The van der Waals surface area contributed by atoms with Gasteiger partial charge < -0.3 is 14.7 Å². The lowest BCUT2D eigenvalue weighted by Gasteiger charge is -2.42. The van der Waals surface area contributed by atoms with Gasteiger partial charge in [0.1, 0.15) is 0 Å². The fourth-order valence-electron chi connectivity index (χ4n) is 8.29. The molecular weight excluding hydrogens is 625 g/mol. The van der Waals surface area contributed by atoms with Gasteiger partial charge in [0.15, 0.2) is 0 Å². The average Bonchev–Trinajstić information content (AvgIpc) is 3.55. The Morgan fingerprint density at radius 1 is 0.857 bits per heavy atom. The zero-order valence-corrected chi connectivity index (χ0v) is 26.2. The number of halogens is 1. The molecule has 212 valence electrons. The summed E-state index contributed by atoms with van der Waals surface area (Å²) in [4.78, 5) is 7.73. The Labute approximate surface area is 264 Å². The van der Waals surface area contributed by atoms with Gasteiger partial charge in [-0.3, -0.25) is 0 Å². The van der Waals surface area contributed by atoms with Gasteiger partial charge in [-0.1, -0.05) is 73.4 Å². The normalized spacial score (nSPS) is 32.9. The van der Waals surface area contributed by atoms with Gasteiger partial charge in [-0.05, 0) is 109 Å². The SMILES string of the molecule is C=C1C=CC=CN1/C=C(\I)C1=CC(N2C3=C(C=CCC3)C3C=CC=CC32)=CC(N2C3=C(C=CCC3)C3C=CCCC32)C1. The fraction of sp³-hybridized carbons (Fsp3) is 0.316. The summed E-state index contributed by atoms with van der Waals surface area (Å²) < 4.78 is 1.29. The lowest BCUT2D eigenvalue weighted by atomic mass is 9.85. The molecule has 0 aromatic carbocycles. The summed E-state index contributed by atoms with van der Waals surface area (Å²) in [5.74, 6) is 0.959. The van der Waals surface area contributed by atoms with Crippen LogP contribution in [0.3, 0.4) is 0 Å². The summed E-state index contributed by atoms with van der Waals surface area (Å²) in [5.41, 5.74) is 9.99. The largest absolute Gasteiger partial charge is 0.364 e. The van der Waals surface area contributed by atoms with E-state index in [2.05, 4.69) is 147 Å². The number of nitrogens with zero attached hydrogens (tertiary/aromatic N) is 3. The molecule has 0 amide bonds. The van der Waals surface area contributed by atoms with Gasteiger partial charge in [0, 0.05) is 56.6 Å². The van der Waals surface area contributed by atoms with Crippen molar-refractivity contribution in [2.24, 2.45) is 11.8 Å². The molecule has 8 rings (SSSR count). The van der Waals surface area contributed by atoms with Crippen LogP contribution in [0, 0.1) is 11.8 Å². The molecule has 5 aliphatic carbocycles. The van der Waals surface area contributed by atoms with Crippen LogP contribution in [0.25, 0.3) is 0 Å². The Morgan fingerprint density at radius 2 is 1.67 bits per heavy atom. The molecule has 0 spiro atoms. The first-order chi connectivity index (χ1) is 20.7. The lowest BCUT2D eigenvalue weighted by molar-refractivity contribution is 0.191. The average molecular weight is 664 g/mol. The van der Waals surface area contributed by atoms with Gasteiger partial charge in [-0.15, -0.1) is 0 Å².